The molecular weight excluding hydrogens is 272 g/mol. The third-order valence-electron chi connectivity index (χ3n) is 1.86. The first kappa shape index (κ1) is 12.8. The number of rotatable bonds is 5. The number of benzene rings is 1. The minimum absolute atomic E-state index is 0.0510. The van der Waals surface area contributed by atoms with Crippen LogP contribution in [-0.2, 0) is 4.79 Å². The Labute approximate surface area is 103 Å². The molecule has 1 aromatic rings. The molecule has 1 aromatic carbocycles. The monoisotopic (exact) mass is 284 g/mol. The van der Waals surface area contributed by atoms with Crippen molar-refractivity contribution in [3.05, 3.63) is 40.9 Å². The zero-order valence-electron chi connectivity index (χ0n) is 8.89. The van der Waals surface area contributed by atoms with E-state index in [1.807, 2.05) is 31.2 Å². The van der Waals surface area contributed by atoms with E-state index in [1.165, 1.54) is 0 Å². The van der Waals surface area contributed by atoms with Crippen LogP contribution >= 0.6 is 15.9 Å². The van der Waals surface area contributed by atoms with Gasteiger partial charge in [-0.15, -0.1) is 0 Å². The molecule has 1 N–H and O–H groups in total. The average molecular weight is 285 g/mol. The van der Waals surface area contributed by atoms with E-state index in [-0.39, 0.29) is 6.10 Å². The van der Waals surface area contributed by atoms with Gasteiger partial charge in [-0.2, -0.15) is 0 Å². The molecule has 1 unspecified atom stereocenters. The summed E-state index contributed by atoms with van der Waals surface area (Å²) in [6.07, 6.45) is 3.23. The van der Waals surface area contributed by atoms with Crippen molar-refractivity contribution in [2.45, 2.75) is 19.4 Å². The zero-order chi connectivity index (χ0) is 12.0. The molecule has 0 aliphatic rings. The Morgan fingerprint density at radius 2 is 2.38 bits per heavy atom. The Kier molecular flexibility index (Phi) is 5.05. The maximum atomic E-state index is 10.2. The van der Waals surface area contributed by atoms with Crippen molar-refractivity contribution in [2.75, 3.05) is 0 Å². The fraction of sp³-hybridized carbons (Fsp3) is 0.250. The summed E-state index contributed by atoms with van der Waals surface area (Å²) in [5.41, 5.74) is 0. The fourth-order valence-electron chi connectivity index (χ4n) is 1.18. The number of ether oxygens (including phenoxy) is 1. The summed E-state index contributed by atoms with van der Waals surface area (Å²) < 4.78 is 6.56. The molecule has 16 heavy (non-hydrogen) atoms. The summed E-state index contributed by atoms with van der Waals surface area (Å²) in [7, 11) is 0. The lowest BCUT2D eigenvalue weighted by Crippen LogP contribution is -2.10. The predicted molar refractivity (Wildman–Crippen MR) is 65.6 cm³/mol. The molecule has 1 atom stereocenters. The predicted octanol–water partition coefficient (Wildman–Crippen LogP) is 3.25. The third kappa shape index (κ3) is 4.98. The molecule has 4 heteroatoms. The van der Waals surface area contributed by atoms with Gasteiger partial charge in [-0.05, 0) is 25.1 Å². The topological polar surface area (TPSA) is 46.5 Å². The quantitative estimate of drug-likeness (QED) is 0.845. The molecule has 0 saturated carbocycles. The number of halogens is 1. The molecule has 0 fully saturated rings. The van der Waals surface area contributed by atoms with Crippen molar-refractivity contribution in [2.24, 2.45) is 0 Å². The third-order valence-corrected chi connectivity index (χ3v) is 2.36. The fourth-order valence-corrected chi connectivity index (χ4v) is 1.56. The minimum atomic E-state index is -0.936. The summed E-state index contributed by atoms with van der Waals surface area (Å²) in [6.45, 7) is 1.90. The highest BCUT2D eigenvalue weighted by Gasteiger charge is 2.02. The van der Waals surface area contributed by atoms with Crippen LogP contribution in [0, 0.1) is 0 Å². The van der Waals surface area contributed by atoms with E-state index in [0.29, 0.717) is 6.42 Å². The second-order valence-corrected chi connectivity index (χ2v) is 4.28. The van der Waals surface area contributed by atoms with Crippen LogP contribution in [0.15, 0.2) is 40.9 Å². The van der Waals surface area contributed by atoms with Crippen molar-refractivity contribution < 1.29 is 14.6 Å². The van der Waals surface area contributed by atoms with Gasteiger partial charge in [0.15, 0.2) is 0 Å². The minimum Gasteiger partial charge on any atom is -0.490 e. The van der Waals surface area contributed by atoms with E-state index in [1.54, 1.807) is 6.08 Å². The average Bonchev–Trinajstić information content (AvgIpc) is 2.16. The van der Waals surface area contributed by atoms with Gasteiger partial charge in [-0.3, -0.25) is 0 Å². The molecule has 3 nitrogen and oxygen atoms in total. The van der Waals surface area contributed by atoms with E-state index >= 15 is 0 Å². The normalized spacial score (nSPS) is 12.6. The van der Waals surface area contributed by atoms with Gasteiger partial charge in [0.1, 0.15) is 5.75 Å². The number of hydrogen-bond acceptors (Lipinski definition) is 2. The lowest BCUT2D eigenvalue weighted by molar-refractivity contribution is -0.131. The highest BCUT2D eigenvalue weighted by atomic mass is 79.9. The Balaban J connectivity index is 2.45. The Hall–Kier alpha value is -1.29. The first-order chi connectivity index (χ1) is 7.58. The Morgan fingerprint density at radius 3 is 3.00 bits per heavy atom. The van der Waals surface area contributed by atoms with E-state index in [0.717, 1.165) is 16.3 Å². The van der Waals surface area contributed by atoms with Gasteiger partial charge >= 0.3 is 5.97 Å². The summed E-state index contributed by atoms with van der Waals surface area (Å²) in [6, 6.07) is 7.54. The van der Waals surface area contributed by atoms with E-state index in [9.17, 15) is 4.79 Å². The maximum Gasteiger partial charge on any atom is 0.327 e. The number of carbonyl (C=O) groups is 1. The molecule has 86 valence electrons. The van der Waals surface area contributed by atoms with E-state index in [4.69, 9.17) is 9.84 Å². The summed E-state index contributed by atoms with van der Waals surface area (Å²) in [5.74, 6) is -0.166. The second-order valence-electron chi connectivity index (χ2n) is 3.36. The number of hydrogen-bond donors (Lipinski definition) is 1. The van der Waals surface area contributed by atoms with Gasteiger partial charge in [-0.1, -0.05) is 28.1 Å². The highest BCUT2D eigenvalue weighted by molar-refractivity contribution is 9.10. The molecule has 0 aliphatic heterocycles. The molecule has 0 bridgehead atoms. The Bertz CT molecular complexity index is 388. The van der Waals surface area contributed by atoms with Crippen LogP contribution in [0.3, 0.4) is 0 Å². The maximum absolute atomic E-state index is 10.2. The summed E-state index contributed by atoms with van der Waals surface area (Å²) in [4.78, 5) is 10.2. The molecular formula is C12H13BrO3. The van der Waals surface area contributed by atoms with Crippen LogP contribution in [0.1, 0.15) is 13.3 Å². The Morgan fingerprint density at radius 1 is 1.62 bits per heavy atom. The van der Waals surface area contributed by atoms with Gasteiger partial charge in [0, 0.05) is 17.0 Å². The molecule has 0 heterocycles. The number of carboxylic acids is 1. The smallest absolute Gasteiger partial charge is 0.327 e. The van der Waals surface area contributed by atoms with Crippen LogP contribution in [0.2, 0.25) is 0 Å². The van der Waals surface area contributed by atoms with Crippen molar-refractivity contribution in [1.29, 1.82) is 0 Å². The lowest BCUT2D eigenvalue weighted by Gasteiger charge is -2.12. The lowest BCUT2D eigenvalue weighted by atomic mass is 10.2. The van der Waals surface area contributed by atoms with Gasteiger partial charge < -0.3 is 9.84 Å². The van der Waals surface area contributed by atoms with Gasteiger partial charge in [0.05, 0.1) is 6.10 Å². The van der Waals surface area contributed by atoms with Crippen LogP contribution in [0.25, 0.3) is 0 Å². The summed E-state index contributed by atoms with van der Waals surface area (Å²) >= 11 is 3.35. The zero-order valence-corrected chi connectivity index (χ0v) is 10.5. The SMILES string of the molecule is CC(C/C=C/C(=O)O)Oc1cccc(Br)c1. The van der Waals surface area contributed by atoms with Crippen molar-refractivity contribution >= 4 is 21.9 Å². The van der Waals surface area contributed by atoms with Crippen LogP contribution in [-0.4, -0.2) is 17.2 Å². The number of carboxylic acid groups (broad SMARTS) is 1. The first-order valence-electron chi connectivity index (χ1n) is 4.89. The van der Waals surface area contributed by atoms with Gasteiger partial charge in [0.2, 0.25) is 0 Å². The second kappa shape index (κ2) is 6.33. The highest BCUT2D eigenvalue weighted by Crippen LogP contribution is 2.19. The van der Waals surface area contributed by atoms with E-state index in [2.05, 4.69) is 15.9 Å². The summed E-state index contributed by atoms with van der Waals surface area (Å²) in [5, 5.41) is 8.42. The van der Waals surface area contributed by atoms with Crippen molar-refractivity contribution in [1.82, 2.24) is 0 Å². The standard InChI is InChI=1S/C12H13BrO3/c1-9(4-2-7-12(14)15)16-11-6-3-5-10(13)8-11/h2-3,5-9H,4H2,1H3,(H,14,15)/b7-2+. The first-order valence-corrected chi connectivity index (χ1v) is 5.69. The van der Waals surface area contributed by atoms with Crippen molar-refractivity contribution in [3.63, 3.8) is 0 Å². The van der Waals surface area contributed by atoms with Gasteiger partial charge in [-0.25, -0.2) is 4.79 Å². The molecule has 1 rings (SSSR count). The van der Waals surface area contributed by atoms with Crippen LogP contribution in [0.4, 0.5) is 0 Å². The molecule has 0 saturated heterocycles. The van der Waals surface area contributed by atoms with Gasteiger partial charge in [0.25, 0.3) is 0 Å². The van der Waals surface area contributed by atoms with Crippen LogP contribution in [0.5, 0.6) is 5.75 Å². The molecule has 0 spiro atoms. The molecule has 0 amide bonds. The van der Waals surface area contributed by atoms with E-state index < -0.39 is 5.97 Å². The molecule has 0 radical (unpaired) electrons. The molecule has 0 aliphatic carbocycles. The van der Waals surface area contributed by atoms with Crippen LogP contribution < -0.4 is 4.74 Å². The number of aliphatic carboxylic acids is 1. The molecule has 0 aromatic heterocycles. The van der Waals surface area contributed by atoms with Crippen molar-refractivity contribution in [3.8, 4) is 5.75 Å². The largest absolute Gasteiger partial charge is 0.490 e.